The van der Waals surface area contributed by atoms with Crippen LogP contribution in [0.15, 0.2) is 42.5 Å². The van der Waals surface area contributed by atoms with Crippen LogP contribution in [0.3, 0.4) is 0 Å². The highest BCUT2D eigenvalue weighted by molar-refractivity contribution is 7.22. The first kappa shape index (κ1) is 17.5. The molecule has 1 amide bonds. The normalized spacial score (nSPS) is 11.2. The Morgan fingerprint density at radius 2 is 1.96 bits per heavy atom. The number of benzene rings is 2. The van der Waals surface area contributed by atoms with Crippen molar-refractivity contribution in [1.82, 2.24) is 9.88 Å². The van der Waals surface area contributed by atoms with Crippen molar-refractivity contribution in [2.75, 3.05) is 32.1 Å². The van der Waals surface area contributed by atoms with Crippen molar-refractivity contribution < 1.29 is 9.18 Å². The lowest BCUT2D eigenvalue weighted by Crippen LogP contribution is -2.36. The molecule has 3 rings (SSSR count). The quantitative estimate of drug-likeness (QED) is 0.694. The topological polar surface area (TPSA) is 36.4 Å². The van der Waals surface area contributed by atoms with Crippen LogP contribution in [-0.2, 0) is 0 Å². The van der Waals surface area contributed by atoms with Crippen molar-refractivity contribution in [1.29, 1.82) is 0 Å². The average molecular weight is 357 g/mol. The number of aromatic nitrogens is 1. The molecule has 1 heterocycles. The molecule has 0 aliphatic heterocycles. The van der Waals surface area contributed by atoms with Gasteiger partial charge in [-0.25, -0.2) is 9.37 Å². The van der Waals surface area contributed by atoms with Crippen LogP contribution in [0.2, 0.25) is 0 Å². The minimum absolute atomic E-state index is 0.0925. The molecular weight excluding hydrogens is 337 g/mol. The van der Waals surface area contributed by atoms with Gasteiger partial charge in [-0.3, -0.25) is 9.69 Å². The zero-order chi connectivity index (χ0) is 18.0. The van der Waals surface area contributed by atoms with Gasteiger partial charge < -0.3 is 4.90 Å². The molecule has 6 heteroatoms. The summed E-state index contributed by atoms with van der Waals surface area (Å²) in [5.74, 6) is -0.391. The zero-order valence-electron chi connectivity index (χ0n) is 14.5. The van der Waals surface area contributed by atoms with Gasteiger partial charge in [-0.15, -0.1) is 0 Å². The predicted molar refractivity (Wildman–Crippen MR) is 101 cm³/mol. The molecule has 0 unspecified atom stereocenters. The second-order valence-electron chi connectivity index (χ2n) is 6.24. The molecule has 2 aromatic carbocycles. The molecule has 0 atom stereocenters. The number of fused-ring (bicyclic) bond motifs is 1. The molecule has 0 aliphatic carbocycles. The van der Waals surface area contributed by atoms with Crippen LogP contribution in [0.25, 0.3) is 10.2 Å². The number of amides is 1. The van der Waals surface area contributed by atoms with Crippen molar-refractivity contribution >= 4 is 32.6 Å². The number of hydrogen-bond donors (Lipinski definition) is 0. The second-order valence-corrected chi connectivity index (χ2v) is 7.25. The monoisotopic (exact) mass is 357 g/mol. The second kappa shape index (κ2) is 7.29. The summed E-state index contributed by atoms with van der Waals surface area (Å²) in [7, 11) is 3.92. The molecule has 0 radical (unpaired) electrons. The lowest BCUT2D eigenvalue weighted by molar-refractivity contribution is 0.0985. The van der Waals surface area contributed by atoms with E-state index in [1.165, 1.54) is 23.5 Å². The molecule has 0 saturated heterocycles. The number of carbonyl (C=O) groups excluding carboxylic acids is 1. The highest BCUT2D eigenvalue weighted by Crippen LogP contribution is 2.30. The molecule has 3 aromatic rings. The first-order valence-corrected chi connectivity index (χ1v) is 8.85. The lowest BCUT2D eigenvalue weighted by atomic mass is 10.1. The Morgan fingerprint density at radius 3 is 2.68 bits per heavy atom. The maximum Gasteiger partial charge on any atom is 0.260 e. The van der Waals surface area contributed by atoms with E-state index in [1.54, 1.807) is 11.0 Å². The molecular formula is C19H20FN3OS. The van der Waals surface area contributed by atoms with Gasteiger partial charge >= 0.3 is 0 Å². The SMILES string of the molecule is Cc1cccc(C(=O)N(CCN(C)C)c2nc3ccc(F)cc3s2)c1. The maximum atomic E-state index is 13.5. The van der Waals surface area contributed by atoms with Gasteiger partial charge in [-0.1, -0.05) is 29.0 Å². The molecule has 25 heavy (non-hydrogen) atoms. The van der Waals surface area contributed by atoms with Crippen LogP contribution < -0.4 is 4.90 Å². The fraction of sp³-hybridized carbons (Fsp3) is 0.263. The van der Waals surface area contributed by atoms with Crippen molar-refractivity contribution in [3.8, 4) is 0 Å². The van der Waals surface area contributed by atoms with Crippen LogP contribution >= 0.6 is 11.3 Å². The van der Waals surface area contributed by atoms with Crippen molar-refractivity contribution in [3.05, 3.63) is 59.4 Å². The van der Waals surface area contributed by atoms with Crippen LogP contribution in [-0.4, -0.2) is 43.0 Å². The van der Waals surface area contributed by atoms with Gasteiger partial charge in [0.15, 0.2) is 5.13 Å². The molecule has 4 nitrogen and oxygen atoms in total. The summed E-state index contributed by atoms with van der Waals surface area (Å²) in [4.78, 5) is 21.3. The van der Waals surface area contributed by atoms with E-state index >= 15 is 0 Å². The number of thiazole rings is 1. The largest absolute Gasteiger partial charge is 0.308 e. The minimum Gasteiger partial charge on any atom is -0.308 e. The van der Waals surface area contributed by atoms with Crippen LogP contribution in [0.5, 0.6) is 0 Å². The number of rotatable bonds is 5. The third kappa shape index (κ3) is 4.03. The number of aryl methyl sites for hydroxylation is 1. The Morgan fingerprint density at radius 1 is 1.16 bits per heavy atom. The van der Waals surface area contributed by atoms with E-state index < -0.39 is 0 Å². The predicted octanol–water partition coefficient (Wildman–Crippen LogP) is 3.95. The fourth-order valence-electron chi connectivity index (χ4n) is 2.52. The maximum absolute atomic E-state index is 13.5. The van der Waals surface area contributed by atoms with Crippen molar-refractivity contribution in [2.45, 2.75) is 6.92 Å². The van der Waals surface area contributed by atoms with Gasteiger partial charge in [-0.2, -0.15) is 0 Å². The molecule has 0 fully saturated rings. The fourth-order valence-corrected chi connectivity index (χ4v) is 3.53. The summed E-state index contributed by atoms with van der Waals surface area (Å²) in [5, 5.41) is 0.592. The number of hydrogen-bond acceptors (Lipinski definition) is 4. The summed E-state index contributed by atoms with van der Waals surface area (Å²) in [5.41, 5.74) is 2.36. The number of carbonyl (C=O) groups is 1. The molecule has 0 saturated carbocycles. The molecule has 0 bridgehead atoms. The van der Waals surface area contributed by atoms with Gasteiger partial charge in [0.2, 0.25) is 0 Å². The number of likely N-dealkylation sites (N-methyl/N-ethyl adjacent to an activating group) is 1. The first-order valence-electron chi connectivity index (χ1n) is 8.03. The average Bonchev–Trinajstić information content (AvgIpc) is 2.97. The third-order valence-electron chi connectivity index (χ3n) is 3.85. The Kier molecular flexibility index (Phi) is 5.11. The molecule has 0 aliphatic rings. The highest BCUT2D eigenvalue weighted by Gasteiger charge is 2.21. The Labute approximate surface area is 150 Å². The van der Waals surface area contributed by atoms with Gasteiger partial charge in [-0.05, 0) is 51.4 Å². The van der Waals surface area contributed by atoms with E-state index in [-0.39, 0.29) is 11.7 Å². The summed E-state index contributed by atoms with van der Waals surface area (Å²) in [6.07, 6.45) is 0. The summed E-state index contributed by atoms with van der Waals surface area (Å²) in [6.45, 7) is 3.19. The van der Waals surface area contributed by atoms with E-state index in [1.807, 2.05) is 50.2 Å². The van der Waals surface area contributed by atoms with E-state index in [0.29, 0.717) is 29.3 Å². The Balaban J connectivity index is 1.99. The molecule has 1 aromatic heterocycles. The molecule has 0 spiro atoms. The smallest absolute Gasteiger partial charge is 0.260 e. The van der Waals surface area contributed by atoms with Crippen molar-refractivity contribution in [2.24, 2.45) is 0 Å². The van der Waals surface area contributed by atoms with Crippen LogP contribution in [0.1, 0.15) is 15.9 Å². The number of halogens is 1. The van der Waals surface area contributed by atoms with E-state index in [9.17, 15) is 9.18 Å². The minimum atomic E-state index is -0.299. The molecule has 0 N–H and O–H groups in total. The van der Waals surface area contributed by atoms with Gasteiger partial charge in [0.1, 0.15) is 5.82 Å². The van der Waals surface area contributed by atoms with Crippen LogP contribution in [0, 0.1) is 12.7 Å². The van der Waals surface area contributed by atoms with Crippen LogP contribution in [0.4, 0.5) is 9.52 Å². The molecule has 130 valence electrons. The lowest BCUT2D eigenvalue weighted by Gasteiger charge is -2.22. The van der Waals surface area contributed by atoms with E-state index in [4.69, 9.17) is 0 Å². The van der Waals surface area contributed by atoms with E-state index in [0.717, 1.165) is 10.3 Å². The third-order valence-corrected chi connectivity index (χ3v) is 4.89. The highest BCUT2D eigenvalue weighted by atomic mass is 32.1. The van der Waals surface area contributed by atoms with Gasteiger partial charge in [0.25, 0.3) is 5.91 Å². The Bertz CT molecular complexity index is 907. The summed E-state index contributed by atoms with van der Waals surface area (Å²) >= 11 is 1.33. The number of anilines is 1. The summed E-state index contributed by atoms with van der Waals surface area (Å²) < 4.78 is 14.2. The van der Waals surface area contributed by atoms with Crippen molar-refractivity contribution in [3.63, 3.8) is 0 Å². The summed E-state index contributed by atoms with van der Waals surface area (Å²) in [6, 6.07) is 12.0. The first-order chi connectivity index (χ1) is 11.9. The van der Waals surface area contributed by atoms with Gasteiger partial charge in [0, 0.05) is 18.7 Å². The van der Waals surface area contributed by atoms with E-state index in [2.05, 4.69) is 4.98 Å². The van der Waals surface area contributed by atoms with Gasteiger partial charge in [0.05, 0.1) is 10.2 Å². The zero-order valence-corrected chi connectivity index (χ0v) is 15.3. The Hall–Kier alpha value is -2.31. The number of nitrogens with zero attached hydrogens (tertiary/aromatic N) is 3. The standard InChI is InChI=1S/C19H20FN3OS/c1-13-5-4-6-14(11-13)18(24)23(10-9-22(2)3)19-21-16-8-7-15(20)12-17(16)25-19/h4-8,11-12H,9-10H2,1-3H3.